The van der Waals surface area contributed by atoms with Crippen LogP contribution < -0.4 is 16.4 Å². The Morgan fingerprint density at radius 1 is 1.31 bits per heavy atom. The summed E-state index contributed by atoms with van der Waals surface area (Å²) in [6.45, 7) is 2.17. The number of fused-ring (bicyclic) bond motifs is 1. The summed E-state index contributed by atoms with van der Waals surface area (Å²) in [5.41, 5.74) is 6.79. The third kappa shape index (κ3) is 1.46. The number of nitrogens with two attached hydrogens (primary N) is 1. The zero-order chi connectivity index (χ0) is 11.1. The Labute approximate surface area is 94.2 Å². The molecule has 0 bridgehead atoms. The van der Waals surface area contributed by atoms with Gasteiger partial charge in [-0.1, -0.05) is 12.1 Å². The van der Waals surface area contributed by atoms with Crippen LogP contribution in [0.2, 0.25) is 0 Å². The Bertz CT molecular complexity index is 422. The average molecular weight is 217 g/mol. The molecule has 1 saturated heterocycles. The molecule has 3 rings (SSSR count). The number of benzene rings is 1. The first-order chi connectivity index (χ1) is 7.77. The van der Waals surface area contributed by atoms with Crippen molar-refractivity contribution >= 4 is 11.6 Å². The topological polar surface area (TPSA) is 67.2 Å². The first-order valence-electron chi connectivity index (χ1n) is 5.63. The van der Waals surface area contributed by atoms with Crippen LogP contribution in [-0.4, -0.2) is 25.0 Å². The summed E-state index contributed by atoms with van der Waals surface area (Å²) in [6, 6.07) is 7.95. The van der Waals surface area contributed by atoms with E-state index in [1.54, 1.807) is 6.07 Å². The number of amides is 1. The van der Waals surface area contributed by atoms with E-state index in [-0.39, 0.29) is 5.91 Å². The molecular weight excluding hydrogens is 202 g/mol. The van der Waals surface area contributed by atoms with Gasteiger partial charge in [0, 0.05) is 24.8 Å². The van der Waals surface area contributed by atoms with Crippen LogP contribution in [0.25, 0.3) is 0 Å². The molecule has 1 saturated carbocycles. The number of hydrogen-bond acceptors (Lipinski definition) is 3. The minimum atomic E-state index is -0.368. The summed E-state index contributed by atoms with van der Waals surface area (Å²) in [7, 11) is 0. The van der Waals surface area contributed by atoms with E-state index in [9.17, 15) is 4.79 Å². The van der Waals surface area contributed by atoms with Crippen LogP contribution in [0.4, 0.5) is 5.69 Å². The van der Waals surface area contributed by atoms with E-state index in [0.717, 1.165) is 30.6 Å². The summed E-state index contributed by atoms with van der Waals surface area (Å²) in [4.78, 5) is 11.2. The van der Waals surface area contributed by atoms with Crippen molar-refractivity contribution in [2.75, 3.05) is 18.4 Å². The maximum atomic E-state index is 11.2. The van der Waals surface area contributed by atoms with Crippen molar-refractivity contribution in [3.05, 3.63) is 29.8 Å². The maximum Gasteiger partial charge on any atom is 0.250 e. The van der Waals surface area contributed by atoms with Gasteiger partial charge in [0.05, 0.1) is 5.56 Å². The highest BCUT2D eigenvalue weighted by molar-refractivity contribution is 5.98. The molecule has 1 heterocycles. The van der Waals surface area contributed by atoms with E-state index in [1.807, 2.05) is 18.2 Å². The van der Waals surface area contributed by atoms with E-state index < -0.39 is 0 Å². The Hall–Kier alpha value is -1.55. The lowest BCUT2D eigenvalue weighted by atomic mass is 10.1. The predicted octanol–water partition coefficient (Wildman–Crippen LogP) is 0.415. The molecule has 1 aromatic rings. The molecular formula is C12H15N3O. The fraction of sp³-hybridized carbons (Fsp3) is 0.417. The summed E-state index contributed by atoms with van der Waals surface area (Å²) in [6.07, 6.45) is 0. The minimum Gasteiger partial charge on any atom is -0.381 e. The number of carbonyl (C=O) groups is 1. The predicted molar refractivity (Wildman–Crippen MR) is 62.2 cm³/mol. The number of carbonyl (C=O) groups excluding carboxylic acids is 1. The second-order valence-electron chi connectivity index (χ2n) is 4.57. The highest BCUT2D eigenvalue weighted by atomic mass is 16.1. The van der Waals surface area contributed by atoms with Crippen molar-refractivity contribution in [3.8, 4) is 0 Å². The van der Waals surface area contributed by atoms with Crippen molar-refractivity contribution in [2.45, 2.75) is 6.04 Å². The molecule has 1 amide bonds. The van der Waals surface area contributed by atoms with Gasteiger partial charge in [-0.2, -0.15) is 0 Å². The normalized spacial score (nSPS) is 30.9. The summed E-state index contributed by atoms with van der Waals surface area (Å²) in [5.74, 6) is 1.08. The number of nitrogens with one attached hydrogen (secondary N) is 2. The van der Waals surface area contributed by atoms with Gasteiger partial charge in [0.2, 0.25) is 0 Å². The maximum absolute atomic E-state index is 11.2. The van der Waals surface area contributed by atoms with E-state index in [4.69, 9.17) is 5.73 Å². The quantitative estimate of drug-likeness (QED) is 0.687. The minimum absolute atomic E-state index is 0.368. The molecule has 4 nitrogen and oxygen atoms in total. The molecule has 0 spiro atoms. The Morgan fingerprint density at radius 3 is 2.69 bits per heavy atom. The second-order valence-corrected chi connectivity index (χ2v) is 4.57. The van der Waals surface area contributed by atoms with Crippen molar-refractivity contribution in [1.29, 1.82) is 0 Å². The number of piperidine rings is 1. The molecule has 4 N–H and O–H groups in total. The van der Waals surface area contributed by atoms with Crippen molar-refractivity contribution < 1.29 is 4.79 Å². The van der Waals surface area contributed by atoms with Gasteiger partial charge in [-0.3, -0.25) is 4.79 Å². The van der Waals surface area contributed by atoms with Gasteiger partial charge in [-0.05, 0) is 24.0 Å². The Kier molecular flexibility index (Phi) is 2.11. The number of anilines is 1. The molecule has 2 fully saturated rings. The van der Waals surface area contributed by atoms with Crippen LogP contribution in [-0.2, 0) is 0 Å². The van der Waals surface area contributed by atoms with E-state index in [2.05, 4.69) is 10.6 Å². The average Bonchev–Trinajstić information content (AvgIpc) is 2.75. The Balaban J connectivity index is 1.77. The van der Waals surface area contributed by atoms with Gasteiger partial charge >= 0.3 is 0 Å². The fourth-order valence-corrected chi connectivity index (χ4v) is 2.64. The molecule has 2 unspecified atom stereocenters. The van der Waals surface area contributed by atoms with Gasteiger partial charge in [0.1, 0.15) is 0 Å². The summed E-state index contributed by atoms with van der Waals surface area (Å²) >= 11 is 0. The van der Waals surface area contributed by atoms with E-state index in [1.165, 1.54) is 0 Å². The first-order valence-corrected chi connectivity index (χ1v) is 5.63. The van der Waals surface area contributed by atoms with Crippen molar-refractivity contribution in [1.82, 2.24) is 5.32 Å². The molecule has 2 aliphatic rings. The molecule has 4 heteroatoms. The molecule has 1 aromatic carbocycles. The molecule has 1 aliphatic carbocycles. The number of primary amides is 1. The standard InChI is InChI=1S/C12H15N3O/c13-12(16)7-3-1-2-4-10(7)15-11-8-5-14-6-9(8)11/h1-4,8-9,11,14-15H,5-6H2,(H2,13,16). The first kappa shape index (κ1) is 9.66. The van der Waals surface area contributed by atoms with Crippen LogP contribution in [0.3, 0.4) is 0 Å². The molecule has 84 valence electrons. The zero-order valence-corrected chi connectivity index (χ0v) is 8.94. The van der Waals surface area contributed by atoms with E-state index >= 15 is 0 Å². The van der Waals surface area contributed by atoms with Crippen LogP contribution in [0.5, 0.6) is 0 Å². The number of para-hydroxylation sites is 1. The molecule has 16 heavy (non-hydrogen) atoms. The van der Waals surface area contributed by atoms with Gasteiger partial charge in [0.15, 0.2) is 0 Å². The third-order valence-corrected chi connectivity index (χ3v) is 3.61. The smallest absolute Gasteiger partial charge is 0.250 e. The van der Waals surface area contributed by atoms with E-state index in [0.29, 0.717) is 11.6 Å². The van der Waals surface area contributed by atoms with Crippen molar-refractivity contribution in [3.63, 3.8) is 0 Å². The number of rotatable bonds is 3. The van der Waals surface area contributed by atoms with Crippen LogP contribution in [0.1, 0.15) is 10.4 Å². The SMILES string of the molecule is NC(=O)c1ccccc1NC1C2CNCC21. The van der Waals surface area contributed by atoms with Gasteiger partial charge in [-0.15, -0.1) is 0 Å². The fourth-order valence-electron chi connectivity index (χ4n) is 2.64. The lowest BCUT2D eigenvalue weighted by Gasteiger charge is -2.11. The van der Waals surface area contributed by atoms with Crippen LogP contribution in [0.15, 0.2) is 24.3 Å². The lowest BCUT2D eigenvalue weighted by molar-refractivity contribution is 0.100. The zero-order valence-electron chi connectivity index (χ0n) is 8.94. The Morgan fingerprint density at radius 2 is 2.00 bits per heavy atom. The molecule has 1 aliphatic heterocycles. The largest absolute Gasteiger partial charge is 0.381 e. The molecule has 0 aromatic heterocycles. The monoisotopic (exact) mass is 217 g/mol. The highest BCUT2D eigenvalue weighted by Crippen LogP contribution is 2.43. The number of hydrogen-bond donors (Lipinski definition) is 3. The van der Waals surface area contributed by atoms with Gasteiger partial charge in [0.25, 0.3) is 5.91 Å². The van der Waals surface area contributed by atoms with Gasteiger partial charge < -0.3 is 16.4 Å². The summed E-state index contributed by atoms with van der Waals surface area (Å²) < 4.78 is 0. The molecule has 0 radical (unpaired) electrons. The van der Waals surface area contributed by atoms with Crippen molar-refractivity contribution in [2.24, 2.45) is 17.6 Å². The van der Waals surface area contributed by atoms with Gasteiger partial charge in [-0.25, -0.2) is 0 Å². The molecule has 2 atom stereocenters. The second kappa shape index (κ2) is 3.49. The highest BCUT2D eigenvalue weighted by Gasteiger charge is 2.53. The van der Waals surface area contributed by atoms with Crippen LogP contribution >= 0.6 is 0 Å². The summed E-state index contributed by atoms with van der Waals surface area (Å²) in [5, 5.41) is 6.77. The third-order valence-electron chi connectivity index (χ3n) is 3.61. The lowest BCUT2D eigenvalue weighted by Crippen LogP contribution is -2.23. The van der Waals surface area contributed by atoms with Crippen LogP contribution in [0, 0.1) is 11.8 Å².